The van der Waals surface area contributed by atoms with Gasteiger partial charge in [0.2, 0.25) is 0 Å². The molecule has 4 nitrogen and oxygen atoms in total. The summed E-state index contributed by atoms with van der Waals surface area (Å²) in [6.07, 6.45) is 3.08. The Labute approximate surface area is 111 Å². The molecule has 0 amide bonds. The molecular weight excluding hydrogens is 228 g/mol. The second kappa shape index (κ2) is 7.74. The summed E-state index contributed by atoms with van der Waals surface area (Å²) in [5, 5.41) is 0. The van der Waals surface area contributed by atoms with Crippen molar-refractivity contribution in [2.24, 2.45) is 0 Å². The van der Waals surface area contributed by atoms with E-state index in [2.05, 4.69) is 30.7 Å². The first-order chi connectivity index (χ1) is 8.58. The molecule has 0 aromatic carbocycles. The van der Waals surface area contributed by atoms with Crippen molar-refractivity contribution in [1.82, 2.24) is 9.80 Å². The molecule has 0 N–H and O–H groups in total. The van der Waals surface area contributed by atoms with Crippen LogP contribution in [-0.4, -0.2) is 61.1 Å². The summed E-state index contributed by atoms with van der Waals surface area (Å²) < 4.78 is 5.00. The summed E-state index contributed by atoms with van der Waals surface area (Å²) >= 11 is 0. The monoisotopic (exact) mass is 256 g/mol. The van der Waals surface area contributed by atoms with Gasteiger partial charge in [-0.1, -0.05) is 6.92 Å². The zero-order valence-electron chi connectivity index (χ0n) is 12.3. The number of rotatable bonds is 7. The predicted molar refractivity (Wildman–Crippen MR) is 73.6 cm³/mol. The first-order valence-corrected chi connectivity index (χ1v) is 7.18. The van der Waals surface area contributed by atoms with Crippen LogP contribution in [0.25, 0.3) is 0 Å². The van der Waals surface area contributed by atoms with Gasteiger partial charge in [0.25, 0.3) is 0 Å². The van der Waals surface area contributed by atoms with E-state index in [1.54, 1.807) is 0 Å². The molecule has 2 atom stereocenters. The van der Waals surface area contributed by atoms with E-state index in [-0.39, 0.29) is 12.0 Å². The van der Waals surface area contributed by atoms with Gasteiger partial charge in [0.15, 0.2) is 0 Å². The van der Waals surface area contributed by atoms with Crippen LogP contribution in [0.3, 0.4) is 0 Å². The third-order valence-corrected chi connectivity index (χ3v) is 3.92. The Morgan fingerprint density at radius 2 is 2.22 bits per heavy atom. The highest BCUT2D eigenvalue weighted by molar-refractivity contribution is 5.69. The lowest BCUT2D eigenvalue weighted by Gasteiger charge is -2.31. The SMILES string of the molecule is CCOC(=O)CC(C)N(C)CC1CCCN1CC. The van der Waals surface area contributed by atoms with E-state index in [9.17, 15) is 4.79 Å². The van der Waals surface area contributed by atoms with Crippen molar-refractivity contribution in [3.63, 3.8) is 0 Å². The minimum absolute atomic E-state index is 0.0874. The van der Waals surface area contributed by atoms with Crippen molar-refractivity contribution in [1.29, 1.82) is 0 Å². The van der Waals surface area contributed by atoms with Gasteiger partial charge >= 0.3 is 5.97 Å². The van der Waals surface area contributed by atoms with Crippen molar-refractivity contribution < 1.29 is 9.53 Å². The van der Waals surface area contributed by atoms with Crippen LogP contribution in [0.1, 0.15) is 40.0 Å². The van der Waals surface area contributed by atoms with Gasteiger partial charge in [0.1, 0.15) is 0 Å². The number of carbonyl (C=O) groups excluding carboxylic acids is 1. The van der Waals surface area contributed by atoms with Crippen molar-refractivity contribution in [2.75, 3.05) is 33.3 Å². The van der Waals surface area contributed by atoms with Crippen molar-refractivity contribution in [3.8, 4) is 0 Å². The summed E-state index contributed by atoms with van der Waals surface area (Å²) in [7, 11) is 2.11. The maximum absolute atomic E-state index is 11.5. The topological polar surface area (TPSA) is 32.8 Å². The van der Waals surface area contributed by atoms with Crippen molar-refractivity contribution in [3.05, 3.63) is 0 Å². The molecule has 2 unspecified atom stereocenters. The number of likely N-dealkylation sites (tertiary alicyclic amines) is 1. The molecule has 106 valence electrons. The summed E-state index contributed by atoms with van der Waals surface area (Å²) in [5.41, 5.74) is 0. The molecular formula is C14H28N2O2. The highest BCUT2D eigenvalue weighted by Gasteiger charge is 2.26. The summed E-state index contributed by atoms with van der Waals surface area (Å²) in [5.74, 6) is -0.0874. The van der Waals surface area contributed by atoms with Gasteiger partial charge in [-0.15, -0.1) is 0 Å². The molecule has 1 heterocycles. The number of nitrogens with zero attached hydrogens (tertiary/aromatic N) is 2. The van der Waals surface area contributed by atoms with Crippen molar-refractivity contribution in [2.45, 2.75) is 52.1 Å². The van der Waals surface area contributed by atoms with Gasteiger partial charge in [0.05, 0.1) is 13.0 Å². The lowest BCUT2D eigenvalue weighted by atomic mass is 10.1. The fourth-order valence-corrected chi connectivity index (χ4v) is 2.65. The summed E-state index contributed by atoms with van der Waals surface area (Å²) in [6.45, 7) is 10.0. The van der Waals surface area contributed by atoms with E-state index < -0.39 is 0 Å². The van der Waals surface area contributed by atoms with E-state index in [0.29, 0.717) is 19.1 Å². The predicted octanol–water partition coefficient (Wildman–Crippen LogP) is 1.74. The first kappa shape index (κ1) is 15.4. The molecule has 0 saturated carbocycles. The fraction of sp³-hybridized carbons (Fsp3) is 0.929. The van der Waals surface area contributed by atoms with E-state index >= 15 is 0 Å². The van der Waals surface area contributed by atoms with Crippen LogP contribution in [0.15, 0.2) is 0 Å². The Balaban J connectivity index is 2.34. The summed E-state index contributed by atoms with van der Waals surface area (Å²) in [4.78, 5) is 16.3. The zero-order chi connectivity index (χ0) is 13.5. The lowest BCUT2D eigenvalue weighted by Crippen LogP contribution is -2.42. The maximum atomic E-state index is 11.5. The Kier molecular flexibility index (Phi) is 6.65. The second-order valence-corrected chi connectivity index (χ2v) is 5.22. The molecule has 0 aromatic heterocycles. The zero-order valence-corrected chi connectivity index (χ0v) is 12.3. The maximum Gasteiger partial charge on any atom is 0.307 e. The Morgan fingerprint density at radius 1 is 1.50 bits per heavy atom. The lowest BCUT2D eigenvalue weighted by molar-refractivity contribution is -0.144. The molecule has 18 heavy (non-hydrogen) atoms. The minimum atomic E-state index is -0.0874. The number of carbonyl (C=O) groups is 1. The highest BCUT2D eigenvalue weighted by Crippen LogP contribution is 2.18. The normalized spacial score (nSPS) is 22.4. The molecule has 1 saturated heterocycles. The Hall–Kier alpha value is -0.610. The van der Waals surface area contributed by atoms with Crippen LogP contribution in [0.5, 0.6) is 0 Å². The largest absolute Gasteiger partial charge is 0.466 e. The van der Waals surface area contributed by atoms with Gasteiger partial charge in [-0.25, -0.2) is 0 Å². The third-order valence-electron chi connectivity index (χ3n) is 3.92. The first-order valence-electron chi connectivity index (χ1n) is 7.18. The molecule has 4 heteroatoms. The van der Waals surface area contributed by atoms with Crippen LogP contribution in [-0.2, 0) is 9.53 Å². The van der Waals surface area contributed by atoms with Crippen LogP contribution in [0, 0.1) is 0 Å². The number of esters is 1. The van der Waals surface area contributed by atoms with Crippen LogP contribution in [0.2, 0.25) is 0 Å². The standard InChI is InChI=1S/C14H28N2O2/c1-5-16-9-7-8-13(16)11-15(4)12(3)10-14(17)18-6-2/h12-13H,5-11H2,1-4H3. The molecule has 0 spiro atoms. The second-order valence-electron chi connectivity index (χ2n) is 5.22. The van der Waals surface area contributed by atoms with Gasteiger partial charge in [-0.05, 0) is 46.8 Å². The molecule has 0 radical (unpaired) electrons. The average Bonchev–Trinajstić information content (AvgIpc) is 2.76. The van der Waals surface area contributed by atoms with E-state index in [4.69, 9.17) is 4.74 Å². The summed E-state index contributed by atoms with van der Waals surface area (Å²) in [6, 6.07) is 0.910. The highest BCUT2D eigenvalue weighted by atomic mass is 16.5. The molecule has 1 aliphatic heterocycles. The van der Waals surface area contributed by atoms with Crippen molar-refractivity contribution >= 4 is 5.97 Å². The van der Waals surface area contributed by atoms with Gasteiger partial charge < -0.3 is 9.64 Å². The van der Waals surface area contributed by atoms with Crippen LogP contribution < -0.4 is 0 Å². The van der Waals surface area contributed by atoms with Gasteiger partial charge in [-0.2, -0.15) is 0 Å². The number of hydrogen-bond donors (Lipinski definition) is 0. The Bertz CT molecular complexity index is 258. The molecule has 1 aliphatic rings. The van der Waals surface area contributed by atoms with E-state index in [0.717, 1.165) is 13.1 Å². The molecule has 0 bridgehead atoms. The fourth-order valence-electron chi connectivity index (χ4n) is 2.65. The number of likely N-dealkylation sites (N-methyl/N-ethyl adjacent to an activating group) is 2. The van der Waals surface area contributed by atoms with E-state index in [1.807, 2.05) is 6.92 Å². The average molecular weight is 256 g/mol. The quantitative estimate of drug-likeness (QED) is 0.650. The molecule has 0 aromatic rings. The number of hydrogen-bond acceptors (Lipinski definition) is 4. The Morgan fingerprint density at radius 3 is 2.83 bits per heavy atom. The molecule has 1 fully saturated rings. The minimum Gasteiger partial charge on any atom is -0.466 e. The van der Waals surface area contributed by atoms with E-state index in [1.165, 1.54) is 19.4 Å². The molecule has 0 aliphatic carbocycles. The molecule has 1 rings (SSSR count). The van der Waals surface area contributed by atoms with Crippen LogP contribution >= 0.6 is 0 Å². The van der Waals surface area contributed by atoms with Gasteiger partial charge in [-0.3, -0.25) is 9.69 Å². The smallest absolute Gasteiger partial charge is 0.307 e. The van der Waals surface area contributed by atoms with Crippen LogP contribution in [0.4, 0.5) is 0 Å². The number of ether oxygens (including phenoxy) is 1. The van der Waals surface area contributed by atoms with Gasteiger partial charge in [0, 0.05) is 18.6 Å². The third kappa shape index (κ3) is 4.58.